The van der Waals surface area contributed by atoms with Crippen LogP contribution in [0.1, 0.15) is 42.5 Å². The molecule has 21 heavy (non-hydrogen) atoms. The SMILES string of the molecule is O=c1[nH]nc(CN2CCC(n3cnc4c3CCCC4)C2)[nH]1. The van der Waals surface area contributed by atoms with Crippen molar-refractivity contribution in [2.45, 2.75) is 44.7 Å². The van der Waals surface area contributed by atoms with Gasteiger partial charge in [0, 0.05) is 24.8 Å². The van der Waals surface area contributed by atoms with Gasteiger partial charge >= 0.3 is 5.69 Å². The second-order valence-corrected chi connectivity index (χ2v) is 6.05. The van der Waals surface area contributed by atoms with Gasteiger partial charge in [-0.1, -0.05) is 0 Å². The molecule has 1 unspecified atom stereocenters. The van der Waals surface area contributed by atoms with Gasteiger partial charge in [-0.2, -0.15) is 5.10 Å². The molecule has 2 aromatic rings. The minimum absolute atomic E-state index is 0.232. The highest BCUT2D eigenvalue weighted by Gasteiger charge is 2.27. The Kier molecular flexibility index (Phi) is 3.14. The molecule has 1 aliphatic carbocycles. The third kappa shape index (κ3) is 2.42. The van der Waals surface area contributed by atoms with Crippen LogP contribution in [-0.4, -0.2) is 42.7 Å². The summed E-state index contributed by atoms with van der Waals surface area (Å²) in [5, 5.41) is 6.40. The van der Waals surface area contributed by atoms with Gasteiger partial charge in [-0.05, 0) is 32.1 Å². The first kappa shape index (κ1) is 12.8. The Morgan fingerprint density at radius 1 is 1.33 bits per heavy atom. The molecular formula is C14H20N6O. The topological polar surface area (TPSA) is 82.6 Å². The van der Waals surface area contributed by atoms with E-state index in [-0.39, 0.29) is 5.69 Å². The average molecular weight is 288 g/mol. The van der Waals surface area contributed by atoms with Crippen molar-refractivity contribution >= 4 is 0 Å². The summed E-state index contributed by atoms with van der Waals surface area (Å²) in [7, 11) is 0. The second kappa shape index (κ2) is 5.14. The summed E-state index contributed by atoms with van der Waals surface area (Å²) in [5.41, 5.74) is 2.52. The van der Waals surface area contributed by atoms with Gasteiger partial charge in [0.1, 0.15) is 5.82 Å². The quantitative estimate of drug-likeness (QED) is 0.867. The number of aromatic nitrogens is 5. The number of aromatic amines is 2. The number of H-pyrrole nitrogens is 2. The van der Waals surface area contributed by atoms with Crippen molar-refractivity contribution in [1.29, 1.82) is 0 Å². The molecule has 1 saturated heterocycles. The molecule has 2 aromatic heterocycles. The van der Waals surface area contributed by atoms with Crippen LogP contribution in [0.4, 0.5) is 0 Å². The Labute approximate surface area is 122 Å². The van der Waals surface area contributed by atoms with Crippen LogP contribution >= 0.6 is 0 Å². The highest BCUT2D eigenvalue weighted by atomic mass is 16.1. The van der Waals surface area contributed by atoms with E-state index in [1.54, 1.807) is 0 Å². The molecular weight excluding hydrogens is 268 g/mol. The Balaban J connectivity index is 1.46. The summed E-state index contributed by atoms with van der Waals surface area (Å²) in [5.74, 6) is 0.716. The number of hydrogen-bond acceptors (Lipinski definition) is 4. The standard InChI is InChI=1S/C14H20N6O/c21-14-16-13(17-18-14)8-19-6-5-10(7-19)20-9-15-11-3-1-2-4-12(11)20/h9-10H,1-8H2,(H2,16,17,18,21). The molecule has 0 saturated carbocycles. The number of aryl methyl sites for hydroxylation is 1. The lowest BCUT2D eigenvalue weighted by molar-refractivity contribution is 0.307. The van der Waals surface area contributed by atoms with Crippen LogP contribution in [0.2, 0.25) is 0 Å². The molecule has 2 aliphatic rings. The molecule has 0 aromatic carbocycles. The molecule has 1 atom stereocenters. The van der Waals surface area contributed by atoms with Crippen LogP contribution in [0.5, 0.6) is 0 Å². The monoisotopic (exact) mass is 288 g/mol. The molecule has 4 rings (SSSR count). The summed E-state index contributed by atoms with van der Waals surface area (Å²) in [6.45, 7) is 2.73. The van der Waals surface area contributed by atoms with E-state index in [4.69, 9.17) is 0 Å². The summed E-state index contributed by atoms with van der Waals surface area (Å²) in [6, 6.07) is 0.505. The number of likely N-dealkylation sites (tertiary alicyclic amines) is 1. The molecule has 1 aliphatic heterocycles. The van der Waals surface area contributed by atoms with E-state index >= 15 is 0 Å². The zero-order chi connectivity index (χ0) is 14.2. The highest BCUT2D eigenvalue weighted by Crippen LogP contribution is 2.28. The van der Waals surface area contributed by atoms with Gasteiger partial charge in [0.25, 0.3) is 0 Å². The Morgan fingerprint density at radius 2 is 2.24 bits per heavy atom. The molecule has 7 nitrogen and oxygen atoms in total. The number of nitrogens with zero attached hydrogens (tertiary/aromatic N) is 4. The molecule has 2 N–H and O–H groups in total. The fourth-order valence-corrected chi connectivity index (χ4v) is 3.58. The maximum absolute atomic E-state index is 11.1. The number of fused-ring (bicyclic) bond motifs is 1. The average Bonchev–Trinajstić information content (AvgIpc) is 3.19. The summed E-state index contributed by atoms with van der Waals surface area (Å²) in [4.78, 5) is 20.7. The van der Waals surface area contributed by atoms with Crippen molar-refractivity contribution in [3.63, 3.8) is 0 Å². The van der Waals surface area contributed by atoms with E-state index in [9.17, 15) is 4.79 Å². The molecule has 7 heteroatoms. The highest BCUT2D eigenvalue weighted by molar-refractivity contribution is 5.17. The maximum atomic E-state index is 11.1. The maximum Gasteiger partial charge on any atom is 0.340 e. The third-order valence-electron chi connectivity index (χ3n) is 4.62. The van der Waals surface area contributed by atoms with Crippen molar-refractivity contribution in [3.05, 3.63) is 34.0 Å². The predicted molar refractivity (Wildman–Crippen MR) is 77.0 cm³/mol. The van der Waals surface area contributed by atoms with Crippen molar-refractivity contribution in [3.8, 4) is 0 Å². The van der Waals surface area contributed by atoms with Crippen molar-refractivity contribution in [2.75, 3.05) is 13.1 Å². The molecule has 0 amide bonds. The number of imidazole rings is 1. The summed E-state index contributed by atoms with van der Waals surface area (Å²) >= 11 is 0. The molecule has 1 fully saturated rings. The number of nitrogens with one attached hydrogen (secondary N) is 2. The first-order valence-electron chi connectivity index (χ1n) is 7.70. The van der Waals surface area contributed by atoms with Crippen molar-refractivity contribution < 1.29 is 0 Å². The lowest BCUT2D eigenvalue weighted by atomic mass is 10.0. The normalized spacial score (nSPS) is 22.6. The summed E-state index contributed by atoms with van der Waals surface area (Å²) in [6.07, 6.45) is 8.01. The Bertz CT molecular complexity index is 684. The molecule has 0 radical (unpaired) electrons. The first-order chi connectivity index (χ1) is 10.3. The van der Waals surface area contributed by atoms with Crippen LogP contribution < -0.4 is 5.69 Å². The van der Waals surface area contributed by atoms with Gasteiger partial charge in [-0.25, -0.2) is 14.9 Å². The molecule has 112 valence electrons. The number of hydrogen-bond donors (Lipinski definition) is 2. The van der Waals surface area contributed by atoms with E-state index < -0.39 is 0 Å². The van der Waals surface area contributed by atoms with E-state index in [1.807, 2.05) is 6.33 Å². The van der Waals surface area contributed by atoms with E-state index in [1.165, 1.54) is 30.7 Å². The third-order valence-corrected chi connectivity index (χ3v) is 4.62. The van der Waals surface area contributed by atoms with Crippen LogP contribution in [0.3, 0.4) is 0 Å². The lowest BCUT2D eigenvalue weighted by Crippen LogP contribution is -2.23. The zero-order valence-corrected chi connectivity index (χ0v) is 12.0. The van der Waals surface area contributed by atoms with E-state index in [2.05, 4.69) is 29.6 Å². The van der Waals surface area contributed by atoms with Crippen molar-refractivity contribution in [1.82, 2.24) is 29.6 Å². The first-order valence-corrected chi connectivity index (χ1v) is 7.70. The fraction of sp³-hybridized carbons (Fsp3) is 0.643. The second-order valence-electron chi connectivity index (χ2n) is 6.05. The Morgan fingerprint density at radius 3 is 3.10 bits per heavy atom. The van der Waals surface area contributed by atoms with Gasteiger partial charge in [-0.3, -0.25) is 9.88 Å². The molecule has 0 bridgehead atoms. The van der Waals surface area contributed by atoms with Gasteiger partial charge in [0.15, 0.2) is 0 Å². The zero-order valence-electron chi connectivity index (χ0n) is 12.0. The van der Waals surface area contributed by atoms with Gasteiger partial charge in [0.2, 0.25) is 0 Å². The molecule has 0 spiro atoms. The van der Waals surface area contributed by atoms with Crippen LogP contribution in [0, 0.1) is 0 Å². The smallest absolute Gasteiger partial charge is 0.330 e. The number of rotatable bonds is 3. The van der Waals surface area contributed by atoms with Gasteiger partial charge < -0.3 is 4.57 Å². The van der Waals surface area contributed by atoms with Crippen LogP contribution in [0.15, 0.2) is 11.1 Å². The van der Waals surface area contributed by atoms with E-state index in [0.29, 0.717) is 18.4 Å². The van der Waals surface area contributed by atoms with Gasteiger partial charge in [-0.15, -0.1) is 0 Å². The minimum Gasteiger partial charge on any atom is -0.330 e. The predicted octanol–water partition coefficient (Wildman–Crippen LogP) is 0.620. The fourth-order valence-electron chi connectivity index (χ4n) is 3.58. The van der Waals surface area contributed by atoms with Gasteiger partial charge in [0.05, 0.1) is 18.6 Å². The minimum atomic E-state index is -0.232. The molecule has 3 heterocycles. The van der Waals surface area contributed by atoms with Crippen molar-refractivity contribution in [2.24, 2.45) is 0 Å². The van der Waals surface area contributed by atoms with E-state index in [0.717, 1.165) is 25.9 Å². The van der Waals surface area contributed by atoms with Crippen LogP contribution in [0.25, 0.3) is 0 Å². The lowest BCUT2D eigenvalue weighted by Gasteiger charge is -2.19. The largest absolute Gasteiger partial charge is 0.340 e. The van der Waals surface area contributed by atoms with Crippen LogP contribution in [-0.2, 0) is 19.4 Å². The Hall–Kier alpha value is -1.89. The summed E-state index contributed by atoms with van der Waals surface area (Å²) < 4.78 is 2.39.